The average Bonchev–Trinajstić information content (AvgIpc) is 3.09. The molecule has 8 heteroatoms. The van der Waals surface area contributed by atoms with E-state index >= 15 is 0 Å². The molecule has 1 aromatic heterocycles. The Morgan fingerprint density at radius 2 is 2.16 bits per heavy atom. The van der Waals surface area contributed by atoms with E-state index in [0.29, 0.717) is 19.0 Å². The Balaban J connectivity index is 1.84. The topological polar surface area (TPSA) is 65.0 Å². The van der Waals surface area contributed by atoms with E-state index in [1.807, 2.05) is 0 Å². The van der Waals surface area contributed by atoms with Gasteiger partial charge in [-0.25, -0.2) is 12.7 Å². The normalized spacial score (nSPS) is 17.6. The van der Waals surface area contributed by atoms with Crippen LogP contribution in [0.4, 0.5) is 0 Å². The molecule has 0 aromatic carbocycles. The molecule has 1 fully saturated rings. The van der Waals surface area contributed by atoms with E-state index in [9.17, 15) is 8.42 Å². The molecule has 1 saturated heterocycles. The van der Waals surface area contributed by atoms with Crippen molar-refractivity contribution in [1.82, 2.24) is 14.5 Å². The summed E-state index contributed by atoms with van der Waals surface area (Å²) >= 11 is 1.79. The molecular formula is C17H30N4O2S2. The SMILES string of the molecule is CCNC(=NCC1CCN(S(C)(=O)=O)CC1)N(C)CCc1cccs1. The summed E-state index contributed by atoms with van der Waals surface area (Å²) in [6.07, 6.45) is 4.08. The van der Waals surface area contributed by atoms with E-state index in [1.165, 1.54) is 11.1 Å². The van der Waals surface area contributed by atoms with Gasteiger partial charge in [0.25, 0.3) is 0 Å². The van der Waals surface area contributed by atoms with Crippen LogP contribution in [-0.4, -0.2) is 69.6 Å². The highest BCUT2D eigenvalue weighted by molar-refractivity contribution is 7.88. The van der Waals surface area contributed by atoms with Crippen LogP contribution >= 0.6 is 11.3 Å². The van der Waals surface area contributed by atoms with Crippen molar-refractivity contribution in [1.29, 1.82) is 0 Å². The number of hydrogen-bond donors (Lipinski definition) is 1. The molecule has 0 bridgehead atoms. The van der Waals surface area contributed by atoms with E-state index < -0.39 is 10.0 Å². The Bertz CT molecular complexity index is 636. The fourth-order valence-electron chi connectivity index (χ4n) is 2.95. The first-order valence-corrected chi connectivity index (χ1v) is 11.6. The van der Waals surface area contributed by atoms with Crippen molar-refractivity contribution in [2.24, 2.45) is 10.9 Å². The van der Waals surface area contributed by atoms with Gasteiger partial charge in [0.1, 0.15) is 0 Å². The van der Waals surface area contributed by atoms with Crippen molar-refractivity contribution in [2.75, 3.05) is 46.0 Å². The number of aliphatic imine (C=N–C) groups is 1. The van der Waals surface area contributed by atoms with Crippen LogP contribution in [0.15, 0.2) is 22.5 Å². The van der Waals surface area contributed by atoms with E-state index in [4.69, 9.17) is 4.99 Å². The minimum absolute atomic E-state index is 0.456. The van der Waals surface area contributed by atoms with Crippen LogP contribution in [0.2, 0.25) is 0 Å². The molecule has 1 aliphatic rings. The number of guanidine groups is 1. The van der Waals surface area contributed by atoms with Crippen molar-refractivity contribution in [3.05, 3.63) is 22.4 Å². The third-order valence-electron chi connectivity index (χ3n) is 4.51. The number of thiophene rings is 1. The van der Waals surface area contributed by atoms with Gasteiger partial charge in [0.2, 0.25) is 10.0 Å². The van der Waals surface area contributed by atoms with Gasteiger partial charge >= 0.3 is 0 Å². The second-order valence-corrected chi connectivity index (χ2v) is 9.57. The Morgan fingerprint density at radius 1 is 1.44 bits per heavy atom. The molecule has 2 heterocycles. The lowest BCUT2D eigenvalue weighted by Crippen LogP contribution is -2.41. The zero-order valence-electron chi connectivity index (χ0n) is 15.4. The fraction of sp³-hybridized carbons (Fsp3) is 0.706. The molecule has 0 unspecified atom stereocenters. The zero-order valence-corrected chi connectivity index (χ0v) is 17.1. The highest BCUT2D eigenvalue weighted by Gasteiger charge is 2.24. The van der Waals surface area contributed by atoms with Gasteiger partial charge in [0, 0.05) is 44.6 Å². The molecule has 2 rings (SSSR count). The van der Waals surface area contributed by atoms with Crippen LogP contribution < -0.4 is 5.32 Å². The Labute approximate surface area is 156 Å². The van der Waals surface area contributed by atoms with Crippen LogP contribution in [0, 0.1) is 5.92 Å². The van der Waals surface area contributed by atoms with E-state index in [2.05, 4.69) is 41.7 Å². The maximum atomic E-state index is 11.6. The number of likely N-dealkylation sites (N-methyl/N-ethyl adjacent to an activating group) is 1. The van der Waals surface area contributed by atoms with Crippen molar-refractivity contribution in [2.45, 2.75) is 26.2 Å². The maximum Gasteiger partial charge on any atom is 0.211 e. The highest BCUT2D eigenvalue weighted by Crippen LogP contribution is 2.19. The quantitative estimate of drug-likeness (QED) is 0.574. The highest BCUT2D eigenvalue weighted by atomic mass is 32.2. The summed E-state index contributed by atoms with van der Waals surface area (Å²) in [4.78, 5) is 8.35. The number of nitrogens with one attached hydrogen (secondary N) is 1. The van der Waals surface area contributed by atoms with Gasteiger partial charge in [-0.05, 0) is 43.6 Å². The zero-order chi connectivity index (χ0) is 18.3. The van der Waals surface area contributed by atoms with Gasteiger partial charge in [0.15, 0.2) is 5.96 Å². The van der Waals surface area contributed by atoms with Crippen molar-refractivity contribution in [3.8, 4) is 0 Å². The monoisotopic (exact) mass is 386 g/mol. The number of hydrogen-bond acceptors (Lipinski definition) is 4. The summed E-state index contributed by atoms with van der Waals surface area (Å²) in [5.74, 6) is 1.39. The molecule has 1 aliphatic heterocycles. The van der Waals surface area contributed by atoms with Gasteiger partial charge < -0.3 is 10.2 Å². The smallest absolute Gasteiger partial charge is 0.211 e. The minimum Gasteiger partial charge on any atom is -0.357 e. The number of rotatable bonds is 7. The lowest BCUT2D eigenvalue weighted by molar-refractivity contribution is 0.279. The minimum atomic E-state index is -3.05. The Hall–Kier alpha value is -1.12. The van der Waals surface area contributed by atoms with E-state index in [1.54, 1.807) is 15.6 Å². The summed E-state index contributed by atoms with van der Waals surface area (Å²) in [5, 5.41) is 5.47. The van der Waals surface area contributed by atoms with Gasteiger partial charge in [0.05, 0.1) is 6.26 Å². The molecule has 0 saturated carbocycles. The molecule has 142 valence electrons. The predicted octanol–water partition coefficient (Wildman–Crippen LogP) is 1.86. The van der Waals surface area contributed by atoms with Gasteiger partial charge in [-0.3, -0.25) is 4.99 Å². The average molecular weight is 387 g/mol. The van der Waals surface area contributed by atoms with Crippen molar-refractivity contribution in [3.63, 3.8) is 0 Å². The van der Waals surface area contributed by atoms with Crippen LogP contribution in [0.25, 0.3) is 0 Å². The van der Waals surface area contributed by atoms with Crippen LogP contribution in [0.5, 0.6) is 0 Å². The van der Waals surface area contributed by atoms with Crippen molar-refractivity contribution >= 4 is 27.3 Å². The molecule has 1 N–H and O–H groups in total. The predicted molar refractivity (Wildman–Crippen MR) is 106 cm³/mol. The number of piperidine rings is 1. The standard InChI is InChI=1S/C17H30N4O2S2/c1-4-18-17(20(2)10-9-16-6-5-13-24-16)19-14-15-7-11-21(12-8-15)25(3,22)23/h5-6,13,15H,4,7-12,14H2,1-3H3,(H,18,19). The first-order chi connectivity index (χ1) is 11.9. The van der Waals surface area contributed by atoms with Gasteiger partial charge in [-0.2, -0.15) is 0 Å². The van der Waals surface area contributed by atoms with E-state index in [-0.39, 0.29) is 0 Å². The summed E-state index contributed by atoms with van der Waals surface area (Å²) in [6, 6.07) is 4.25. The van der Waals surface area contributed by atoms with Crippen LogP contribution in [0.3, 0.4) is 0 Å². The molecule has 0 radical (unpaired) electrons. The Kier molecular flexibility index (Phi) is 7.71. The van der Waals surface area contributed by atoms with E-state index in [0.717, 1.165) is 44.9 Å². The summed E-state index contributed by atoms with van der Waals surface area (Å²) < 4.78 is 24.7. The lowest BCUT2D eigenvalue weighted by atomic mass is 9.98. The number of sulfonamides is 1. The van der Waals surface area contributed by atoms with Crippen LogP contribution in [0.1, 0.15) is 24.6 Å². The summed E-state index contributed by atoms with van der Waals surface area (Å²) in [7, 11) is -0.983. The molecule has 0 amide bonds. The second-order valence-electron chi connectivity index (χ2n) is 6.55. The molecule has 0 spiro atoms. The number of nitrogens with zero attached hydrogens (tertiary/aromatic N) is 3. The third kappa shape index (κ3) is 6.60. The van der Waals surface area contributed by atoms with Crippen molar-refractivity contribution < 1.29 is 8.42 Å². The fourth-order valence-corrected chi connectivity index (χ4v) is 4.52. The molecule has 0 atom stereocenters. The molecular weight excluding hydrogens is 356 g/mol. The summed E-state index contributed by atoms with van der Waals surface area (Å²) in [6.45, 7) is 5.83. The van der Waals surface area contributed by atoms with Crippen LogP contribution in [-0.2, 0) is 16.4 Å². The second kappa shape index (κ2) is 9.54. The third-order valence-corrected chi connectivity index (χ3v) is 6.75. The molecule has 0 aliphatic carbocycles. The molecule has 1 aromatic rings. The maximum absolute atomic E-state index is 11.6. The molecule has 6 nitrogen and oxygen atoms in total. The summed E-state index contributed by atoms with van der Waals surface area (Å²) in [5.41, 5.74) is 0. The largest absolute Gasteiger partial charge is 0.357 e. The Morgan fingerprint density at radius 3 is 2.72 bits per heavy atom. The van der Waals surface area contributed by atoms with Gasteiger partial charge in [-0.1, -0.05) is 6.07 Å². The first kappa shape index (κ1) is 20.2. The first-order valence-electron chi connectivity index (χ1n) is 8.87. The van der Waals surface area contributed by atoms with Gasteiger partial charge in [-0.15, -0.1) is 11.3 Å². The lowest BCUT2D eigenvalue weighted by Gasteiger charge is -2.30. The molecule has 25 heavy (non-hydrogen) atoms.